The van der Waals surface area contributed by atoms with Crippen molar-refractivity contribution < 1.29 is 0 Å². The summed E-state index contributed by atoms with van der Waals surface area (Å²) in [6.45, 7) is 6.50. The van der Waals surface area contributed by atoms with Crippen LogP contribution in [0, 0.1) is 0 Å². The molecule has 15 heavy (non-hydrogen) atoms. The molecule has 1 heterocycles. The molecule has 2 atom stereocenters. The molecule has 0 spiro atoms. The first-order chi connectivity index (χ1) is 7.17. The minimum absolute atomic E-state index is 0.495. The summed E-state index contributed by atoms with van der Waals surface area (Å²) in [6.07, 6.45) is 3.18. The van der Waals surface area contributed by atoms with E-state index in [1.807, 2.05) is 16.4 Å². The van der Waals surface area contributed by atoms with Crippen LogP contribution in [0.25, 0.3) is 0 Å². The van der Waals surface area contributed by atoms with Crippen LogP contribution in [0.15, 0.2) is 12.3 Å². The van der Waals surface area contributed by atoms with E-state index in [4.69, 9.17) is 11.6 Å². The van der Waals surface area contributed by atoms with E-state index in [1.54, 1.807) is 0 Å². The summed E-state index contributed by atoms with van der Waals surface area (Å²) >= 11 is 7.60. The highest BCUT2D eigenvalue weighted by Crippen LogP contribution is 2.18. The first-order valence-corrected chi connectivity index (χ1v) is 6.97. The molecule has 0 aliphatic heterocycles. The molecule has 2 unspecified atom stereocenters. The highest BCUT2D eigenvalue weighted by atomic mass is 35.5. The second-order valence-electron chi connectivity index (χ2n) is 3.82. The minimum Gasteiger partial charge on any atom is -0.270 e. The maximum Gasteiger partial charge on any atom is 0.0723 e. The Balaban J connectivity index is 2.46. The zero-order valence-corrected chi connectivity index (χ0v) is 11.2. The average Bonchev–Trinajstić information content (AvgIpc) is 2.73. The van der Waals surface area contributed by atoms with Crippen LogP contribution in [0.3, 0.4) is 0 Å². The Morgan fingerprint density at radius 3 is 2.87 bits per heavy atom. The third kappa shape index (κ3) is 4.07. The average molecular weight is 247 g/mol. The van der Waals surface area contributed by atoms with Crippen LogP contribution in [0.4, 0.5) is 0 Å². The fourth-order valence-corrected chi connectivity index (χ4v) is 2.12. The summed E-state index contributed by atoms with van der Waals surface area (Å²) in [7, 11) is 0. The van der Waals surface area contributed by atoms with Crippen LogP contribution >= 0.6 is 23.4 Å². The molecule has 4 heteroatoms. The molecule has 0 aliphatic rings. The molecule has 0 fully saturated rings. The Bertz CT molecular complexity index is 288. The molecule has 0 aromatic carbocycles. The third-order valence-corrected chi connectivity index (χ3v) is 4.28. The monoisotopic (exact) mass is 246 g/mol. The lowest BCUT2D eigenvalue weighted by atomic mass is 10.3. The smallest absolute Gasteiger partial charge is 0.0723 e. The molecular weight excluding hydrogens is 228 g/mol. The minimum atomic E-state index is 0.495. The van der Waals surface area contributed by atoms with E-state index in [-0.39, 0.29) is 0 Å². The summed E-state index contributed by atoms with van der Waals surface area (Å²) < 4.78 is 2.04. The standard InChI is InChI=1S/C11H19ClN2S/c1-4-9(2)14-6-5-11(13-14)8-15-10(3)7-12/h5-6,9-10H,4,7-8H2,1-3H3. The lowest BCUT2D eigenvalue weighted by molar-refractivity contribution is 0.475. The van der Waals surface area contributed by atoms with Crippen molar-refractivity contribution in [1.82, 2.24) is 9.78 Å². The molecule has 0 N–H and O–H groups in total. The predicted octanol–water partition coefficient (Wildman–Crippen LogP) is 3.71. The van der Waals surface area contributed by atoms with Gasteiger partial charge < -0.3 is 0 Å². The van der Waals surface area contributed by atoms with Crippen molar-refractivity contribution in [2.75, 3.05) is 5.88 Å². The molecule has 0 bridgehead atoms. The van der Waals surface area contributed by atoms with Gasteiger partial charge in [-0.25, -0.2) is 0 Å². The summed E-state index contributed by atoms with van der Waals surface area (Å²) in [4.78, 5) is 0. The highest BCUT2D eigenvalue weighted by Gasteiger charge is 2.06. The molecule has 0 saturated heterocycles. The van der Waals surface area contributed by atoms with Gasteiger partial charge in [0.05, 0.1) is 5.69 Å². The number of hydrogen-bond acceptors (Lipinski definition) is 2. The van der Waals surface area contributed by atoms with Crippen LogP contribution in [0.5, 0.6) is 0 Å². The molecule has 0 saturated carbocycles. The van der Waals surface area contributed by atoms with Crippen LogP contribution < -0.4 is 0 Å². The van der Waals surface area contributed by atoms with Gasteiger partial charge >= 0.3 is 0 Å². The molecule has 0 amide bonds. The van der Waals surface area contributed by atoms with E-state index in [2.05, 4.69) is 38.1 Å². The van der Waals surface area contributed by atoms with Gasteiger partial charge in [-0.3, -0.25) is 4.68 Å². The zero-order chi connectivity index (χ0) is 11.3. The Kier molecular flexibility index (Phi) is 5.54. The van der Waals surface area contributed by atoms with Gasteiger partial charge in [0.1, 0.15) is 0 Å². The lowest BCUT2D eigenvalue weighted by Gasteiger charge is -2.08. The van der Waals surface area contributed by atoms with Crippen LogP contribution in [-0.4, -0.2) is 20.9 Å². The van der Waals surface area contributed by atoms with Gasteiger partial charge in [-0.05, 0) is 19.4 Å². The summed E-state index contributed by atoms with van der Waals surface area (Å²) in [5.74, 6) is 1.66. The van der Waals surface area contributed by atoms with Gasteiger partial charge in [0.25, 0.3) is 0 Å². The molecule has 1 aromatic heterocycles. The number of rotatable bonds is 6. The van der Waals surface area contributed by atoms with Crippen molar-refractivity contribution in [3.63, 3.8) is 0 Å². The molecule has 2 nitrogen and oxygen atoms in total. The Morgan fingerprint density at radius 1 is 1.53 bits per heavy atom. The van der Waals surface area contributed by atoms with E-state index >= 15 is 0 Å². The van der Waals surface area contributed by atoms with Crippen LogP contribution in [-0.2, 0) is 5.75 Å². The number of thioether (sulfide) groups is 1. The quantitative estimate of drug-likeness (QED) is 0.712. The number of nitrogens with zero attached hydrogens (tertiary/aromatic N) is 2. The number of alkyl halides is 1. The van der Waals surface area contributed by atoms with E-state index in [9.17, 15) is 0 Å². The van der Waals surface area contributed by atoms with Crippen LogP contribution in [0.1, 0.15) is 38.9 Å². The second-order valence-corrected chi connectivity index (χ2v) is 5.56. The Hall–Kier alpha value is -0.150. The van der Waals surface area contributed by atoms with Crippen LogP contribution in [0.2, 0.25) is 0 Å². The predicted molar refractivity (Wildman–Crippen MR) is 68.7 cm³/mol. The van der Waals surface area contributed by atoms with E-state index in [0.717, 1.165) is 17.9 Å². The zero-order valence-electron chi connectivity index (χ0n) is 9.61. The third-order valence-electron chi connectivity index (χ3n) is 2.44. The fourth-order valence-electron chi connectivity index (χ4n) is 1.16. The van der Waals surface area contributed by atoms with Gasteiger partial charge in [0.15, 0.2) is 0 Å². The second kappa shape index (κ2) is 6.44. The number of halogens is 1. The lowest BCUT2D eigenvalue weighted by Crippen LogP contribution is -2.05. The maximum atomic E-state index is 5.75. The van der Waals surface area contributed by atoms with E-state index in [1.165, 1.54) is 0 Å². The van der Waals surface area contributed by atoms with Crippen molar-refractivity contribution in [2.24, 2.45) is 0 Å². The fraction of sp³-hybridized carbons (Fsp3) is 0.727. The maximum absolute atomic E-state index is 5.75. The largest absolute Gasteiger partial charge is 0.270 e. The van der Waals surface area contributed by atoms with Gasteiger partial charge in [-0.2, -0.15) is 16.9 Å². The molecule has 0 radical (unpaired) electrons. The molecule has 1 aromatic rings. The first-order valence-electron chi connectivity index (χ1n) is 5.39. The molecule has 0 aliphatic carbocycles. The first kappa shape index (κ1) is 12.9. The summed E-state index contributed by atoms with van der Waals surface area (Å²) in [5, 5.41) is 5.04. The SMILES string of the molecule is CCC(C)n1ccc(CSC(C)CCl)n1. The van der Waals surface area contributed by atoms with E-state index in [0.29, 0.717) is 17.2 Å². The van der Waals surface area contributed by atoms with E-state index < -0.39 is 0 Å². The molecular formula is C11H19ClN2S. The summed E-state index contributed by atoms with van der Waals surface area (Å²) in [6, 6.07) is 2.59. The van der Waals surface area contributed by atoms with Crippen molar-refractivity contribution in [2.45, 2.75) is 44.2 Å². The summed E-state index contributed by atoms with van der Waals surface area (Å²) in [5.41, 5.74) is 1.15. The molecule has 86 valence electrons. The van der Waals surface area contributed by atoms with Gasteiger partial charge in [0.2, 0.25) is 0 Å². The topological polar surface area (TPSA) is 17.8 Å². The van der Waals surface area contributed by atoms with Gasteiger partial charge in [0, 0.05) is 29.1 Å². The number of hydrogen-bond donors (Lipinski definition) is 0. The van der Waals surface area contributed by atoms with Crippen molar-refractivity contribution in [3.05, 3.63) is 18.0 Å². The normalized spacial score (nSPS) is 15.2. The van der Waals surface area contributed by atoms with Crippen molar-refractivity contribution in [3.8, 4) is 0 Å². The highest BCUT2D eigenvalue weighted by molar-refractivity contribution is 7.99. The van der Waals surface area contributed by atoms with Gasteiger partial charge in [-0.1, -0.05) is 13.8 Å². The Labute approximate surface area is 101 Å². The number of aromatic nitrogens is 2. The van der Waals surface area contributed by atoms with Gasteiger partial charge in [-0.15, -0.1) is 11.6 Å². The van der Waals surface area contributed by atoms with Crippen molar-refractivity contribution in [1.29, 1.82) is 0 Å². The Morgan fingerprint density at radius 2 is 2.27 bits per heavy atom. The molecule has 1 rings (SSSR count). The van der Waals surface area contributed by atoms with Crippen molar-refractivity contribution >= 4 is 23.4 Å².